The topological polar surface area (TPSA) is 12.0 Å². The predicted octanol–water partition coefficient (Wildman–Crippen LogP) is 5.36. The lowest BCUT2D eigenvalue weighted by Crippen LogP contribution is -2.19. The first-order chi connectivity index (χ1) is 9.60. The Kier molecular flexibility index (Phi) is 7.35. The van der Waals surface area contributed by atoms with Gasteiger partial charge in [0.2, 0.25) is 0 Å². The largest absolute Gasteiger partial charge is 0.229 e. The molecule has 1 aromatic rings. The molecule has 0 aromatic heterocycles. The zero-order valence-electron chi connectivity index (χ0n) is 13.1. The molecule has 0 radical (unpaired) electrons. The molecule has 1 N–H and O–H groups in total. The molecule has 0 bridgehead atoms. The molecule has 0 amide bonds. The second-order valence-electron chi connectivity index (χ2n) is 5.78. The van der Waals surface area contributed by atoms with Crippen LogP contribution >= 0.6 is 0 Å². The molecule has 1 nitrogen and oxygen atoms in total. The normalized spacial score (nSPS) is 13.8. The van der Waals surface area contributed by atoms with E-state index in [9.17, 15) is 4.48 Å². The average molecular weight is 277 g/mol. The van der Waals surface area contributed by atoms with Gasteiger partial charge in [0.1, 0.15) is 0 Å². The molecule has 2 unspecified atom stereocenters. The summed E-state index contributed by atoms with van der Waals surface area (Å²) >= 11 is 0. The van der Waals surface area contributed by atoms with Crippen LogP contribution in [-0.4, -0.2) is 0 Å². The van der Waals surface area contributed by atoms with Gasteiger partial charge in [0.25, 0.3) is 0 Å². The van der Waals surface area contributed by atoms with Gasteiger partial charge < -0.3 is 0 Å². The maximum Gasteiger partial charge on any atom is 0.0389 e. The maximum atomic E-state index is 12.5. The lowest BCUT2D eigenvalue weighted by molar-refractivity contribution is 0.284. The minimum atomic E-state index is 0.192. The summed E-state index contributed by atoms with van der Waals surface area (Å²) in [5.74, 6) is 0.705. The monoisotopic (exact) mass is 277 g/mol. The number of hydrogen-bond acceptors (Lipinski definition) is 1. The van der Waals surface area contributed by atoms with Gasteiger partial charge >= 0.3 is 0 Å². The fourth-order valence-electron chi connectivity index (χ4n) is 2.83. The fourth-order valence-corrected chi connectivity index (χ4v) is 2.83. The standard InChI is InChI=1S/C18H28FN/c1-5-9-18(15(3)16(4)20-19)13-8-12-17-11-7-6-10-14(17)2/h6-7,10-11,15,18,20H,4-5,8-9,12-13H2,1-3H3. The number of aryl methyl sites for hydroxylation is 2. The van der Waals surface area contributed by atoms with Crippen LogP contribution in [0, 0.1) is 18.8 Å². The molecule has 0 spiro atoms. The van der Waals surface area contributed by atoms with E-state index in [4.69, 9.17) is 0 Å². The van der Waals surface area contributed by atoms with Gasteiger partial charge in [0.15, 0.2) is 0 Å². The van der Waals surface area contributed by atoms with Crippen molar-refractivity contribution in [3.63, 3.8) is 0 Å². The summed E-state index contributed by atoms with van der Waals surface area (Å²) in [5, 5.41) is 0. The number of rotatable bonds is 9. The highest BCUT2D eigenvalue weighted by molar-refractivity contribution is 5.25. The quantitative estimate of drug-likeness (QED) is 0.599. The van der Waals surface area contributed by atoms with Gasteiger partial charge in [-0.05, 0) is 43.2 Å². The van der Waals surface area contributed by atoms with Crippen molar-refractivity contribution in [3.05, 3.63) is 47.7 Å². The Morgan fingerprint density at radius 1 is 1.30 bits per heavy atom. The molecular formula is C18H28FN. The molecule has 0 heterocycles. The van der Waals surface area contributed by atoms with Crippen LogP contribution in [0.3, 0.4) is 0 Å². The smallest absolute Gasteiger partial charge is 0.0389 e. The van der Waals surface area contributed by atoms with Crippen molar-refractivity contribution in [1.29, 1.82) is 0 Å². The molecule has 0 saturated carbocycles. The SMILES string of the molecule is C=C(NF)C(C)C(CCC)CCCc1ccccc1C. The van der Waals surface area contributed by atoms with E-state index in [1.165, 1.54) is 11.1 Å². The minimum absolute atomic E-state index is 0.192. The number of halogens is 1. The molecule has 0 aliphatic heterocycles. The Hall–Kier alpha value is -1.31. The molecular weight excluding hydrogens is 249 g/mol. The number of nitrogens with one attached hydrogen (secondary N) is 1. The first kappa shape index (κ1) is 16.7. The maximum absolute atomic E-state index is 12.5. The van der Waals surface area contributed by atoms with Crippen molar-refractivity contribution >= 4 is 0 Å². The van der Waals surface area contributed by atoms with Crippen LogP contribution in [0.25, 0.3) is 0 Å². The Labute approximate surface area is 123 Å². The van der Waals surface area contributed by atoms with Crippen molar-refractivity contribution in [2.24, 2.45) is 11.8 Å². The van der Waals surface area contributed by atoms with Crippen molar-refractivity contribution in [3.8, 4) is 0 Å². The van der Waals surface area contributed by atoms with Crippen molar-refractivity contribution in [2.45, 2.75) is 52.9 Å². The first-order valence-corrected chi connectivity index (χ1v) is 7.70. The first-order valence-electron chi connectivity index (χ1n) is 7.70. The van der Waals surface area contributed by atoms with Gasteiger partial charge in [-0.25, -0.2) is 5.54 Å². The third-order valence-corrected chi connectivity index (χ3v) is 4.32. The molecule has 1 rings (SSSR count). The zero-order chi connectivity index (χ0) is 15.0. The third-order valence-electron chi connectivity index (χ3n) is 4.32. The number of allylic oxidation sites excluding steroid dienone is 1. The van der Waals surface area contributed by atoms with E-state index in [2.05, 4.69) is 51.6 Å². The van der Waals surface area contributed by atoms with Crippen LogP contribution in [0.4, 0.5) is 4.48 Å². The molecule has 20 heavy (non-hydrogen) atoms. The van der Waals surface area contributed by atoms with E-state index in [0.717, 1.165) is 32.1 Å². The minimum Gasteiger partial charge on any atom is -0.229 e. The van der Waals surface area contributed by atoms with Crippen LogP contribution in [-0.2, 0) is 6.42 Å². The molecule has 112 valence electrons. The van der Waals surface area contributed by atoms with Gasteiger partial charge in [-0.1, -0.05) is 57.5 Å². The highest BCUT2D eigenvalue weighted by Crippen LogP contribution is 2.27. The Bertz CT molecular complexity index is 414. The van der Waals surface area contributed by atoms with Crippen LogP contribution < -0.4 is 5.54 Å². The van der Waals surface area contributed by atoms with E-state index in [0.29, 0.717) is 11.6 Å². The van der Waals surface area contributed by atoms with Gasteiger partial charge in [-0.3, -0.25) is 0 Å². The van der Waals surface area contributed by atoms with E-state index in [-0.39, 0.29) is 5.92 Å². The van der Waals surface area contributed by atoms with E-state index in [1.807, 2.05) is 0 Å². The summed E-state index contributed by atoms with van der Waals surface area (Å²) in [7, 11) is 0. The Balaban J connectivity index is 2.51. The van der Waals surface area contributed by atoms with Crippen LogP contribution in [0.5, 0.6) is 0 Å². The highest BCUT2D eigenvalue weighted by atomic mass is 19.2. The van der Waals surface area contributed by atoms with Gasteiger partial charge in [-0.2, -0.15) is 0 Å². The van der Waals surface area contributed by atoms with E-state index >= 15 is 0 Å². The summed E-state index contributed by atoms with van der Waals surface area (Å²) in [6.07, 6.45) is 5.66. The average Bonchev–Trinajstić information content (AvgIpc) is 2.46. The molecule has 0 fully saturated rings. The van der Waals surface area contributed by atoms with Crippen molar-refractivity contribution in [2.75, 3.05) is 0 Å². The second kappa shape index (κ2) is 8.78. The molecule has 2 atom stereocenters. The molecule has 2 heteroatoms. The van der Waals surface area contributed by atoms with Crippen LogP contribution in [0.2, 0.25) is 0 Å². The lowest BCUT2D eigenvalue weighted by Gasteiger charge is -2.24. The summed E-state index contributed by atoms with van der Waals surface area (Å²) < 4.78 is 12.5. The Morgan fingerprint density at radius 2 is 2.00 bits per heavy atom. The number of benzene rings is 1. The van der Waals surface area contributed by atoms with Crippen molar-refractivity contribution < 1.29 is 4.48 Å². The van der Waals surface area contributed by atoms with Crippen LogP contribution in [0.15, 0.2) is 36.5 Å². The summed E-state index contributed by atoms with van der Waals surface area (Å²) in [6.45, 7) is 10.2. The van der Waals surface area contributed by atoms with Gasteiger partial charge in [-0.15, -0.1) is 4.48 Å². The van der Waals surface area contributed by atoms with Crippen LogP contribution in [0.1, 0.15) is 50.7 Å². The lowest BCUT2D eigenvalue weighted by atomic mass is 9.83. The van der Waals surface area contributed by atoms with Crippen molar-refractivity contribution in [1.82, 2.24) is 5.54 Å². The van der Waals surface area contributed by atoms with Gasteiger partial charge in [0, 0.05) is 11.6 Å². The zero-order valence-corrected chi connectivity index (χ0v) is 13.1. The summed E-state index contributed by atoms with van der Waals surface area (Å²) in [6, 6.07) is 8.55. The fraction of sp³-hybridized carbons (Fsp3) is 0.556. The molecule has 0 saturated heterocycles. The third kappa shape index (κ3) is 4.99. The summed E-state index contributed by atoms with van der Waals surface area (Å²) in [5.41, 5.74) is 5.03. The van der Waals surface area contributed by atoms with E-state index < -0.39 is 0 Å². The predicted molar refractivity (Wildman–Crippen MR) is 85.1 cm³/mol. The number of hydrogen-bond donors (Lipinski definition) is 1. The van der Waals surface area contributed by atoms with Gasteiger partial charge in [0.05, 0.1) is 0 Å². The molecule has 0 aliphatic rings. The molecule has 0 aliphatic carbocycles. The highest BCUT2D eigenvalue weighted by Gasteiger charge is 2.19. The second-order valence-corrected chi connectivity index (χ2v) is 5.78. The summed E-state index contributed by atoms with van der Waals surface area (Å²) in [4.78, 5) is 0. The van der Waals surface area contributed by atoms with E-state index in [1.54, 1.807) is 5.54 Å². The molecule has 1 aromatic carbocycles. The Morgan fingerprint density at radius 3 is 2.60 bits per heavy atom.